The number of nitrogens with zero attached hydrogens (tertiary/aromatic N) is 2. The zero-order valence-corrected chi connectivity index (χ0v) is 17.5. The largest absolute Gasteiger partial charge is 0.339 e. The first-order valence-corrected chi connectivity index (χ1v) is 12.1. The second-order valence-corrected chi connectivity index (χ2v) is 10.0. The number of hydrogen-bond acceptors (Lipinski definition) is 4. The smallest absolute Gasteiger partial charge is 0.240 e. The molecule has 1 aliphatic heterocycles. The van der Waals surface area contributed by atoms with E-state index in [2.05, 4.69) is 4.72 Å². The zero-order chi connectivity index (χ0) is 20.4. The van der Waals surface area contributed by atoms with Crippen LogP contribution in [0.2, 0.25) is 0 Å². The van der Waals surface area contributed by atoms with Crippen LogP contribution in [-0.2, 0) is 32.5 Å². The van der Waals surface area contributed by atoms with Gasteiger partial charge in [-0.15, -0.1) is 0 Å². The number of amides is 2. The van der Waals surface area contributed by atoms with Crippen LogP contribution >= 0.6 is 0 Å². The van der Waals surface area contributed by atoms with Gasteiger partial charge in [-0.3, -0.25) is 9.59 Å². The van der Waals surface area contributed by atoms with Crippen LogP contribution in [0.1, 0.15) is 43.2 Å². The van der Waals surface area contributed by atoms with E-state index in [0.717, 1.165) is 44.1 Å². The summed E-state index contributed by atoms with van der Waals surface area (Å²) in [5.74, 6) is 0.349. The molecule has 4 rings (SSSR count). The van der Waals surface area contributed by atoms with Gasteiger partial charge in [-0.2, -0.15) is 0 Å². The third kappa shape index (κ3) is 4.80. The topological polar surface area (TPSA) is 86.8 Å². The van der Waals surface area contributed by atoms with E-state index in [1.807, 2.05) is 11.0 Å². The van der Waals surface area contributed by atoms with Crippen LogP contribution in [0.3, 0.4) is 0 Å². The fourth-order valence-electron chi connectivity index (χ4n) is 4.18. The fourth-order valence-corrected chi connectivity index (χ4v) is 5.26. The van der Waals surface area contributed by atoms with Crippen molar-refractivity contribution < 1.29 is 18.0 Å². The van der Waals surface area contributed by atoms with Crippen LogP contribution in [0.25, 0.3) is 0 Å². The van der Waals surface area contributed by atoms with Crippen molar-refractivity contribution in [2.45, 2.75) is 49.8 Å². The molecule has 0 bridgehead atoms. The van der Waals surface area contributed by atoms with Gasteiger partial charge in [-0.25, -0.2) is 13.1 Å². The van der Waals surface area contributed by atoms with Crippen molar-refractivity contribution in [3.05, 3.63) is 29.3 Å². The molecule has 0 aromatic heterocycles. The predicted octanol–water partition coefficient (Wildman–Crippen LogP) is 1.31. The minimum absolute atomic E-state index is 0.0725. The molecule has 2 aliphatic carbocycles. The average molecular weight is 420 g/mol. The van der Waals surface area contributed by atoms with E-state index < -0.39 is 10.0 Å². The molecular formula is C21H29N3O4S. The maximum atomic E-state index is 12.6. The normalized spacial score (nSPS) is 19.7. The highest BCUT2D eigenvalue weighted by Crippen LogP contribution is 2.31. The van der Waals surface area contributed by atoms with E-state index in [0.29, 0.717) is 26.2 Å². The number of fused-ring (bicyclic) bond motifs is 1. The molecule has 0 spiro atoms. The first-order chi connectivity index (χ1) is 13.9. The van der Waals surface area contributed by atoms with Crippen LogP contribution in [-0.4, -0.2) is 62.8 Å². The third-order valence-corrected chi connectivity index (χ3v) is 7.59. The Morgan fingerprint density at radius 1 is 0.966 bits per heavy atom. The Balaban J connectivity index is 1.25. The van der Waals surface area contributed by atoms with E-state index >= 15 is 0 Å². The van der Waals surface area contributed by atoms with Gasteiger partial charge < -0.3 is 9.80 Å². The van der Waals surface area contributed by atoms with Crippen molar-refractivity contribution >= 4 is 21.8 Å². The Morgan fingerprint density at radius 2 is 1.62 bits per heavy atom. The Hall–Kier alpha value is -1.93. The maximum absolute atomic E-state index is 12.6. The van der Waals surface area contributed by atoms with Crippen LogP contribution in [0.5, 0.6) is 0 Å². The number of hydrogen-bond donors (Lipinski definition) is 1. The van der Waals surface area contributed by atoms with Crippen molar-refractivity contribution in [3.8, 4) is 0 Å². The molecule has 8 heteroatoms. The highest BCUT2D eigenvalue weighted by Gasteiger charge is 2.35. The van der Waals surface area contributed by atoms with Crippen molar-refractivity contribution in [2.75, 3.05) is 32.7 Å². The van der Waals surface area contributed by atoms with Crippen molar-refractivity contribution in [1.29, 1.82) is 0 Å². The lowest BCUT2D eigenvalue weighted by Gasteiger charge is -2.35. The molecule has 1 N–H and O–H groups in total. The summed E-state index contributed by atoms with van der Waals surface area (Å²) in [4.78, 5) is 28.4. The Bertz CT molecular complexity index is 887. The van der Waals surface area contributed by atoms with Crippen molar-refractivity contribution in [2.24, 2.45) is 5.92 Å². The van der Waals surface area contributed by atoms with E-state index in [1.54, 1.807) is 17.0 Å². The molecule has 0 atom stereocenters. The number of benzene rings is 1. The molecule has 3 aliphatic rings. The number of rotatable bonds is 6. The molecule has 2 fully saturated rings. The Labute approximate surface area is 172 Å². The molecular weight excluding hydrogens is 390 g/mol. The van der Waals surface area contributed by atoms with E-state index in [-0.39, 0.29) is 35.6 Å². The number of piperazine rings is 1. The Morgan fingerprint density at radius 3 is 2.31 bits per heavy atom. The quantitative estimate of drug-likeness (QED) is 0.753. The summed E-state index contributed by atoms with van der Waals surface area (Å²) >= 11 is 0. The van der Waals surface area contributed by atoms with Crippen molar-refractivity contribution in [1.82, 2.24) is 14.5 Å². The standard InChI is InChI=1S/C21H29N3O4S/c25-20(23-11-13-24(14-12-23)21(26)17-5-6-17)9-10-22-29(27,28)19-8-7-16-3-1-2-4-18(16)15-19/h7-8,15,17,22H,1-6,9-14H2. The maximum Gasteiger partial charge on any atom is 0.240 e. The van der Waals surface area contributed by atoms with E-state index in [9.17, 15) is 18.0 Å². The minimum atomic E-state index is -3.62. The molecule has 2 amide bonds. The highest BCUT2D eigenvalue weighted by molar-refractivity contribution is 7.89. The fraction of sp³-hybridized carbons (Fsp3) is 0.619. The molecule has 1 aromatic rings. The van der Waals surface area contributed by atoms with Gasteiger partial charge in [0.25, 0.3) is 0 Å². The Kier molecular flexibility index (Phi) is 5.92. The first kappa shape index (κ1) is 20.3. The average Bonchev–Trinajstić information content (AvgIpc) is 3.58. The van der Waals surface area contributed by atoms with Crippen LogP contribution in [0.4, 0.5) is 0 Å². The third-order valence-electron chi connectivity index (χ3n) is 6.13. The van der Waals surface area contributed by atoms with Gasteiger partial charge in [0.05, 0.1) is 4.90 Å². The molecule has 1 saturated heterocycles. The van der Waals surface area contributed by atoms with Crippen LogP contribution in [0.15, 0.2) is 23.1 Å². The molecule has 0 radical (unpaired) electrons. The number of nitrogens with one attached hydrogen (secondary N) is 1. The molecule has 1 saturated carbocycles. The number of aryl methyl sites for hydroxylation is 2. The summed E-state index contributed by atoms with van der Waals surface area (Å²) in [6, 6.07) is 5.34. The zero-order valence-electron chi connectivity index (χ0n) is 16.7. The molecule has 1 heterocycles. The monoisotopic (exact) mass is 419 g/mol. The molecule has 29 heavy (non-hydrogen) atoms. The summed E-state index contributed by atoms with van der Waals surface area (Å²) in [7, 11) is -3.62. The minimum Gasteiger partial charge on any atom is -0.339 e. The van der Waals surface area contributed by atoms with Gasteiger partial charge >= 0.3 is 0 Å². The summed E-state index contributed by atoms with van der Waals surface area (Å²) in [6.45, 7) is 2.27. The predicted molar refractivity (Wildman–Crippen MR) is 109 cm³/mol. The number of carbonyl (C=O) groups is 2. The first-order valence-electron chi connectivity index (χ1n) is 10.6. The molecule has 1 aromatic carbocycles. The number of carbonyl (C=O) groups excluding carboxylic acids is 2. The van der Waals surface area contributed by atoms with E-state index in [1.165, 1.54) is 5.56 Å². The van der Waals surface area contributed by atoms with Crippen LogP contribution in [0, 0.1) is 5.92 Å². The molecule has 7 nitrogen and oxygen atoms in total. The summed E-state index contributed by atoms with van der Waals surface area (Å²) in [5, 5.41) is 0. The van der Waals surface area contributed by atoms with Crippen molar-refractivity contribution in [3.63, 3.8) is 0 Å². The van der Waals surface area contributed by atoms with Gasteiger partial charge in [0.15, 0.2) is 0 Å². The van der Waals surface area contributed by atoms with Crippen LogP contribution < -0.4 is 4.72 Å². The van der Waals surface area contributed by atoms with Gasteiger partial charge in [0.1, 0.15) is 0 Å². The van der Waals surface area contributed by atoms with Gasteiger partial charge in [0.2, 0.25) is 21.8 Å². The van der Waals surface area contributed by atoms with Gasteiger partial charge in [-0.1, -0.05) is 6.07 Å². The SMILES string of the molecule is O=C(CCNS(=O)(=O)c1ccc2c(c1)CCCC2)N1CCN(C(=O)C2CC2)CC1. The summed E-state index contributed by atoms with van der Waals surface area (Å²) in [6.07, 6.45) is 6.29. The second kappa shape index (κ2) is 8.44. The lowest BCUT2D eigenvalue weighted by atomic mass is 9.92. The molecule has 0 unspecified atom stereocenters. The molecule has 158 valence electrons. The van der Waals surface area contributed by atoms with Gasteiger partial charge in [0, 0.05) is 45.1 Å². The van der Waals surface area contributed by atoms with Gasteiger partial charge in [-0.05, 0) is 61.8 Å². The lowest BCUT2D eigenvalue weighted by molar-refractivity contribution is -0.140. The lowest BCUT2D eigenvalue weighted by Crippen LogP contribution is -2.51. The second-order valence-electron chi connectivity index (χ2n) is 8.27. The summed E-state index contributed by atoms with van der Waals surface area (Å²) < 4.78 is 27.7. The number of sulfonamides is 1. The van der Waals surface area contributed by atoms with E-state index in [4.69, 9.17) is 0 Å². The summed E-state index contributed by atoms with van der Waals surface area (Å²) in [5.41, 5.74) is 2.36. The highest BCUT2D eigenvalue weighted by atomic mass is 32.2.